The predicted molar refractivity (Wildman–Crippen MR) is 63.8 cm³/mol. The zero-order chi connectivity index (χ0) is 12.7. The van der Waals surface area contributed by atoms with Gasteiger partial charge in [-0.1, -0.05) is 12.2 Å². The second kappa shape index (κ2) is 6.57. The van der Waals surface area contributed by atoms with Crippen molar-refractivity contribution in [2.75, 3.05) is 0 Å². The fourth-order valence-electron chi connectivity index (χ4n) is 0.908. The molecule has 0 heterocycles. The highest BCUT2D eigenvalue weighted by Gasteiger charge is 2.15. The average molecular weight is 242 g/mol. The molecule has 0 fully saturated rings. The van der Waals surface area contributed by atoms with Crippen molar-refractivity contribution in [1.82, 2.24) is 0 Å². The summed E-state index contributed by atoms with van der Waals surface area (Å²) in [7, 11) is 0. The van der Waals surface area contributed by atoms with Crippen LogP contribution in [-0.4, -0.2) is 15.2 Å². The van der Waals surface area contributed by atoms with Crippen molar-refractivity contribution in [3.05, 3.63) is 44.0 Å². The molecule has 7 heteroatoms. The minimum Gasteiger partial charge on any atom is -0.258 e. The lowest BCUT2D eigenvalue weighted by Gasteiger charge is -1.95. The van der Waals surface area contributed by atoms with E-state index in [9.17, 15) is 20.2 Å². The van der Waals surface area contributed by atoms with E-state index in [0.717, 1.165) is 6.07 Å². The second-order valence-corrected chi connectivity index (χ2v) is 3.19. The molecule has 0 spiro atoms. The molecule has 0 aliphatic rings. The first-order valence-electron chi connectivity index (χ1n) is 4.23. The summed E-state index contributed by atoms with van der Waals surface area (Å²) >= 11 is 4.27. The van der Waals surface area contributed by atoms with E-state index in [0.29, 0.717) is 5.56 Å². The van der Waals surface area contributed by atoms with Crippen molar-refractivity contribution in [2.45, 2.75) is 13.8 Å². The van der Waals surface area contributed by atoms with E-state index in [1.54, 1.807) is 5.37 Å². The van der Waals surface area contributed by atoms with E-state index in [1.165, 1.54) is 19.1 Å². The third-order valence-electron chi connectivity index (χ3n) is 1.60. The number of rotatable bonds is 2. The molecule has 0 unspecified atom stereocenters. The van der Waals surface area contributed by atoms with Crippen LogP contribution in [0.3, 0.4) is 0 Å². The first-order chi connectivity index (χ1) is 7.43. The van der Waals surface area contributed by atoms with Crippen molar-refractivity contribution in [2.24, 2.45) is 0 Å². The lowest BCUT2D eigenvalue weighted by molar-refractivity contribution is -0.394. The Morgan fingerprint density at radius 3 is 2.12 bits per heavy atom. The zero-order valence-electron chi connectivity index (χ0n) is 8.75. The Labute approximate surface area is 97.2 Å². The molecule has 0 radical (unpaired) electrons. The molecule has 0 atom stereocenters. The van der Waals surface area contributed by atoms with Gasteiger partial charge in [0, 0.05) is 11.6 Å². The number of nitro groups is 2. The van der Waals surface area contributed by atoms with Gasteiger partial charge in [-0.05, 0) is 25.3 Å². The van der Waals surface area contributed by atoms with Gasteiger partial charge in [0.2, 0.25) is 0 Å². The number of nitro benzene ring substituents is 2. The van der Waals surface area contributed by atoms with Gasteiger partial charge in [0.1, 0.15) is 0 Å². The highest BCUT2D eigenvalue weighted by molar-refractivity contribution is 7.78. The first-order valence-corrected chi connectivity index (χ1v) is 4.70. The normalized spacial score (nSPS) is 8.62. The summed E-state index contributed by atoms with van der Waals surface area (Å²) in [6, 6.07) is 3.55. The number of thiocarbonyl (C=S) groups is 1. The van der Waals surface area contributed by atoms with Crippen LogP contribution in [0.5, 0.6) is 0 Å². The van der Waals surface area contributed by atoms with Crippen LogP contribution in [-0.2, 0) is 0 Å². The summed E-state index contributed by atoms with van der Waals surface area (Å²) < 4.78 is 0. The standard InChI is InChI=1S/C7H6N2O4.C2H4S/c1-5-2-3-6(8(10)11)4-7(5)9(12)13;1-2-3/h2-4H,1H3;2H,1H3. The third kappa shape index (κ3) is 4.09. The number of benzene rings is 1. The molecule has 1 rings (SSSR count). The van der Waals surface area contributed by atoms with Gasteiger partial charge < -0.3 is 0 Å². The predicted octanol–water partition coefficient (Wildman–Crippen LogP) is 2.82. The zero-order valence-corrected chi connectivity index (χ0v) is 9.56. The van der Waals surface area contributed by atoms with Crippen molar-refractivity contribution in [3.8, 4) is 0 Å². The Morgan fingerprint density at radius 1 is 1.25 bits per heavy atom. The maximum atomic E-state index is 10.4. The summed E-state index contributed by atoms with van der Waals surface area (Å²) in [4.78, 5) is 19.4. The van der Waals surface area contributed by atoms with Crippen LogP contribution in [0.15, 0.2) is 18.2 Å². The maximum Gasteiger partial charge on any atom is 0.279 e. The molecule has 16 heavy (non-hydrogen) atoms. The highest BCUT2D eigenvalue weighted by Crippen LogP contribution is 2.23. The van der Waals surface area contributed by atoms with Crippen LogP contribution >= 0.6 is 12.2 Å². The SMILES string of the molecule is CC=S.Cc1ccc([N+](=O)[O-])cc1[N+](=O)[O-]. The van der Waals surface area contributed by atoms with E-state index in [-0.39, 0.29) is 11.4 Å². The lowest BCUT2D eigenvalue weighted by Crippen LogP contribution is -1.94. The lowest BCUT2D eigenvalue weighted by atomic mass is 10.2. The monoisotopic (exact) mass is 242 g/mol. The molecule has 86 valence electrons. The summed E-state index contributed by atoms with van der Waals surface area (Å²) in [5.41, 5.74) is -0.0814. The van der Waals surface area contributed by atoms with E-state index >= 15 is 0 Å². The smallest absolute Gasteiger partial charge is 0.258 e. The molecule has 6 nitrogen and oxygen atoms in total. The highest BCUT2D eigenvalue weighted by atomic mass is 32.1. The number of aryl methyl sites for hydroxylation is 1. The Balaban J connectivity index is 0.000000673. The summed E-state index contributed by atoms with van der Waals surface area (Å²) in [6.07, 6.45) is 0. The maximum absolute atomic E-state index is 10.4. The molecule has 0 saturated carbocycles. The molecular weight excluding hydrogens is 232 g/mol. The molecular formula is C9H10N2O4S. The molecule has 1 aromatic rings. The number of hydrogen-bond donors (Lipinski definition) is 0. The van der Waals surface area contributed by atoms with Gasteiger partial charge >= 0.3 is 0 Å². The summed E-state index contributed by atoms with van der Waals surface area (Å²) in [5, 5.41) is 22.2. The van der Waals surface area contributed by atoms with E-state index in [4.69, 9.17) is 0 Å². The summed E-state index contributed by atoms with van der Waals surface area (Å²) in [6.45, 7) is 3.34. The van der Waals surface area contributed by atoms with Crippen molar-refractivity contribution in [3.63, 3.8) is 0 Å². The Kier molecular flexibility index (Phi) is 5.79. The Bertz CT molecular complexity index is 420. The fourth-order valence-corrected chi connectivity index (χ4v) is 0.908. The second-order valence-electron chi connectivity index (χ2n) is 2.72. The minimum absolute atomic E-state index is 0.228. The van der Waals surface area contributed by atoms with Crippen LogP contribution in [0.1, 0.15) is 12.5 Å². The first kappa shape index (κ1) is 14.1. The third-order valence-corrected chi connectivity index (χ3v) is 1.60. The van der Waals surface area contributed by atoms with Gasteiger partial charge in [-0.25, -0.2) is 0 Å². The van der Waals surface area contributed by atoms with Crippen molar-refractivity contribution < 1.29 is 9.85 Å². The van der Waals surface area contributed by atoms with E-state index in [2.05, 4.69) is 12.2 Å². The quantitative estimate of drug-likeness (QED) is 0.452. The van der Waals surface area contributed by atoms with Crippen LogP contribution in [0, 0.1) is 27.2 Å². The molecule has 1 aromatic carbocycles. The van der Waals surface area contributed by atoms with Crippen LogP contribution in [0.25, 0.3) is 0 Å². The molecule has 0 amide bonds. The molecule has 0 N–H and O–H groups in total. The Hall–Kier alpha value is -1.89. The molecule has 0 aromatic heterocycles. The van der Waals surface area contributed by atoms with Gasteiger partial charge in [0.15, 0.2) is 0 Å². The summed E-state index contributed by atoms with van der Waals surface area (Å²) in [5.74, 6) is 0. The number of nitrogens with zero attached hydrogens (tertiary/aromatic N) is 2. The molecule has 0 bridgehead atoms. The van der Waals surface area contributed by atoms with Gasteiger partial charge in [-0.15, -0.1) is 0 Å². The van der Waals surface area contributed by atoms with Crippen LogP contribution < -0.4 is 0 Å². The number of non-ortho nitro benzene ring substituents is 1. The molecule has 0 aliphatic heterocycles. The van der Waals surface area contributed by atoms with E-state index < -0.39 is 9.85 Å². The van der Waals surface area contributed by atoms with Gasteiger partial charge in [0.05, 0.1) is 15.9 Å². The Morgan fingerprint density at radius 2 is 1.75 bits per heavy atom. The molecule has 0 aliphatic carbocycles. The topological polar surface area (TPSA) is 86.3 Å². The minimum atomic E-state index is -0.660. The van der Waals surface area contributed by atoms with Crippen LogP contribution in [0.2, 0.25) is 0 Å². The average Bonchev–Trinajstić information content (AvgIpc) is 2.18. The largest absolute Gasteiger partial charge is 0.279 e. The van der Waals surface area contributed by atoms with Gasteiger partial charge in [0.25, 0.3) is 11.4 Å². The van der Waals surface area contributed by atoms with Crippen molar-refractivity contribution in [1.29, 1.82) is 0 Å². The van der Waals surface area contributed by atoms with Gasteiger partial charge in [-0.2, -0.15) is 0 Å². The van der Waals surface area contributed by atoms with Crippen molar-refractivity contribution >= 4 is 29.0 Å². The van der Waals surface area contributed by atoms with Crippen LogP contribution in [0.4, 0.5) is 11.4 Å². The van der Waals surface area contributed by atoms with E-state index in [1.807, 2.05) is 6.92 Å². The fraction of sp³-hybridized carbons (Fsp3) is 0.222. The van der Waals surface area contributed by atoms with Gasteiger partial charge in [-0.3, -0.25) is 20.2 Å². The molecule has 0 saturated heterocycles. The number of hydrogen-bond acceptors (Lipinski definition) is 5.